The van der Waals surface area contributed by atoms with Crippen LogP contribution in [0.5, 0.6) is 0 Å². The first-order chi connectivity index (χ1) is 8.51. The highest BCUT2D eigenvalue weighted by Crippen LogP contribution is 2.26. The molecular formula is C13H18ClNO3. The largest absolute Gasteiger partial charge is 0.375 e. The van der Waals surface area contributed by atoms with Crippen LogP contribution in [0.4, 0.5) is 0 Å². The highest BCUT2D eigenvalue weighted by atomic mass is 35.5. The second kappa shape index (κ2) is 6.73. The molecule has 1 aromatic carbocycles. The molecule has 0 fully saturated rings. The number of hydrogen-bond donors (Lipinski definition) is 1. The lowest BCUT2D eigenvalue weighted by Crippen LogP contribution is -2.41. The Kier molecular flexibility index (Phi) is 5.59. The van der Waals surface area contributed by atoms with Gasteiger partial charge < -0.3 is 14.8 Å². The van der Waals surface area contributed by atoms with Gasteiger partial charge in [-0.2, -0.15) is 0 Å². The Labute approximate surface area is 112 Å². The second-order valence-electron chi connectivity index (χ2n) is 4.16. The van der Waals surface area contributed by atoms with Crippen molar-refractivity contribution < 1.29 is 14.3 Å². The zero-order valence-electron chi connectivity index (χ0n) is 10.8. The molecule has 1 unspecified atom stereocenters. The Balaban J connectivity index is 2.76. The van der Waals surface area contributed by atoms with Crippen molar-refractivity contribution in [2.45, 2.75) is 12.5 Å². The van der Waals surface area contributed by atoms with E-state index >= 15 is 0 Å². The lowest BCUT2D eigenvalue weighted by molar-refractivity contribution is -0.126. The third-order valence-corrected chi connectivity index (χ3v) is 3.02. The number of methoxy groups -OCH3 is 2. The molecule has 0 heterocycles. The molecular weight excluding hydrogens is 254 g/mol. The fraction of sp³-hybridized carbons (Fsp3) is 0.462. The topological polar surface area (TPSA) is 47.6 Å². The van der Waals surface area contributed by atoms with E-state index in [0.29, 0.717) is 11.6 Å². The van der Waals surface area contributed by atoms with Crippen LogP contribution in [-0.4, -0.2) is 33.3 Å². The van der Waals surface area contributed by atoms with E-state index in [2.05, 4.69) is 5.32 Å². The van der Waals surface area contributed by atoms with E-state index in [1.165, 1.54) is 7.11 Å². The zero-order valence-corrected chi connectivity index (χ0v) is 11.6. The van der Waals surface area contributed by atoms with Crippen LogP contribution >= 0.6 is 11.6 Å². The molecule has 1 aromatic rings. The Morgan fingerprint density at radius 1 is 1.44 bits per heavy atom. The van der Waals surface area contributed by atoms with E-state index < -0.39 is 5.60 Å². The maximum Gasteiger partial charge on any atom is 0.246 e. The predicted octanol–water partition coefficient (Wildman–Crippen LogP) is 1.96. The van der Waals surface area contributed by atoms with Crippen molar-refractivity contribution in [2.75, 3.05) is 27.4 Å². The molecule has 0 aliphatic heterocycles. The first-order valence-corrected chi connectivity index (χ1v) is 5.96. The number of hydrogen-bond acceptors (Lipinski definition) is 3. The molecule has 4 nitrogen and oxygen atoms in total. The molecule has 0 saturated carbocycles. The molecule has 1 atom stereocenters. The number of carbonyl (C=O) groups is 1. The quantitative estimate of drug-likeness (QED) is 0.860. The Hall–Kier alpha value is -1.10. The minimum Gasteiger partial charge on any atom is -0.375 e. The summed E-state index contributed by atoms with van der Waals surface area (Å²) in [5.41, 5.74) is 0.295. The van der Waals surface area contributed by atoms with Gasteiger partial charge in [0.2, 0.25) is 5.91 Å². The van der Waals surface area contributed by atoms with Crippen molar-refractivity contribution in [2.24, 2.45) is 0 Å². The van der Waals surface area contributed by atoms with Gasteiger partial charge in [-0.05, 0) is 24.6 Å². The van der Waals surface area contributed by atoms with Crippen molar-refractivity contribution >= 4 is 17.5 Å². The van der Waals surface area contributed by atoms with Crippen molar-refractivity contribution in [3.63, 3.8) is 0 Å². The van der Waals surface area contributed by atoms with Gasteiger partial charge in [0.15, 0.2) is 0 Å². The Bertz CT molecular complexity index is 411. The van der Waals surface area contributed by atoms with Gasteiger partial charge in [0, 0.05) is 19.2 Å². The molecule has 0 spiro atoms. The summed E-state index contributed by atoms with van der Waals surface area (Å²) in [7, 11) is 3.08. The van der Waals surface area contributed by atoms with Gasteiger partial charge in [-0.1, -0.05) is 23.7 Å². The van der Waals surface area contributed by atoms with E-state index in [4.69, 9.17) is 21.1 Å². The number of carbonyl (C=O) groups excluding carboxylic acids is 1. The normalized spacial score (nSPS) is 14.0. The number of benzene rings is 1. The first-order valence-electron chi connectivity index (χ1n) is 5.58. The van der Waals surface area contributed by atoms with Gasteiger partial charge in [-0.15, -0.1) is 0 Å². The fourth-order valence-corrected chi connectivity index (χ4v) is 1.75. The van der Waals surface area contributed by atoms with Gasteiger partial charge in [-0.3, -0.25) is 4.79 Å². The van der Waals surface area contributed by atoms with Gasteiger partial charge in [0.1, 0.15) is 12.2 Å². The third-order valence-electron chi connectivity index (χ3n) is 2.78. The molecule has 100 valence electrons. The maximum atomic E-state index is 11.4. The Morgan fingerprint density at radius 3 is 2.72 bits per heavy atom. The second-order valence-corrected chi connectivity index (χ2v) is 4.59. The zero-order chi connectivity index (χ0) is 13.6. The molecule has 1 amide bonds. The number of amides is 1. The molecule has 0 aliphatic carbocycles. The number of nitrogens with one attached hydrogen (secondary N) is 1. The van der Waals surface area contributed by atoms with Crippen LogP contribution in [0.25, 0.3) is 0 Å². The summed E-state index contributed by atoms with van der Waals surface area (Å²) in [6, 6.07) is 7.39. The van der Waals surface area contributed by atoms with Crippen LogP contribution in [0, 0.1) is 0 Å². The SMILES string of the molecule is COCC(=O)NCC(C)(OC)c1cccc(Cl)c1. The summed E-state index contributed by atoms with van der Waals surface area (Å²) in [4.78, 5) is 11.4. The molecule has 18 heavy (non-hydrogen) atoms. The minimum absolute atomic E-state index is 0.0370. The molecule has 0 saturated heterocycles. The number of rotatable bonds is 6. The average molecular weight is 272 g/mol. The number of ether oxygens (including phenoxy) is 2. The Morgan fingerprint density at radius 2 is 2.17 bits per heavy atom. The number of halogens is 1. The van der Waals surface area contributed by atoms with Crippen LogP contribution in [0.15, 0.2) is 24.3 Å². The van der Waals surface area contributed by atoms with Gasteiger partial charge in [0.25, 0.3) is 0 Å². The summed E-state index contributed by atoms with van der Waals surface area (Å²) in [5, 5.41) is 3.40. The average Bonchev–Trinajstić information content (AvgIpc) is 2.36. The molecule has 1 rings (SSSR count). The van der Waals surface area contributed by atoms with E-state index in [1.807, 2.05) is 25.1 Å². The first kappa shape index (κ1) is 15.0. The molecule has 0 radical (unpaired) electrons. The van der Waals surface area contributed by atoms with Crippen LogP contribution in [-0.2, 0) is 19.9 Å². The van der Waals surface area contributed by atoms with E-state index in [9.17, 15) is 4.79 Å². The highest BCUT2D eigenvalue weighted by Gasteiger charge is 2.27. The summed E-state index contributed by atoms with van der Waals surface area (Å²) < 4.78 is 10.2. The molecule has 1 N–H and O–H groups in total. The van der Waals surface area contributed by atoms with E-state index in [0.717, 1.165) is 5.56 Å². The molecule has 5 heteroatoms. The van der Waals surface area contributed by atoms with E-state index in [1.54, 1.807) is 13.2 Å². The summed E-state index contributed by atoms with van der Waals surface area (Å²) in [5.74, 6) is -0.178. The van der Waals surface area contributed by atoms with Crippen LogP contribution in [0.1, 0.15) is 12.5 Å². The standard InChI is InChI=1S/C13H18ClNO3/c1-13(18-3,9-15-12(16)8-17-2)10-5-4-6-11(14)7-10/h4-7H,8-9H2,1-3H3,(H,15,16). The predicted molar refractivity (Wildman–Crippen MR) is 70.7 cm³/mol. The molecule has 0 bridgehead atoms. The van der Waals surface area contributed by atoms with Gasteiger partial charge in [0.05, 0.1) is 6.54 Å². The monoisotopic (exact) mass is 271 g/mol. The van der Waals surface area contributed by atoms with Crippen molar-refractivity contribution in [1.29, 1.82) is 0 Å². The molecule has 0 aromatic heterocycles. The van der Waals surface area contributed by atoms with E-state index in [-0.39, 0.29) is 12.5 Å². The van der Waals surface area contributed by atoms with Crippen molar-refractivity contribution in [3.05, 3.63) is 34.9 Å². The highest BCUT2D eigenvalue weighted by molar-refractivity contribution is 6.30. The maximum absolute atomic E-state index is 11.4. The summed E-state index contributed by atoms with van der Waals surface area (Å²) >= 11 is 5.96. The van der Waals surface area contributed by atoms with Crippen LogP contribution in [0.2, 0.25) is 5.02 Å². The smallest absolute Gasteiger partial charge is 0.246 e. The molecule has 0 aliphatic rings. The van der Waals surface area contributed by atoms with Gasteiger partial charge in [-0.25, -0.2) is 0 Å². The summed E-state index contributed by atoms with van der Waals surface area (Å²) in [6.45, 7) is 2.28. The fourth-order valence-electron chi connectivity index (χ4n) is 1.56. The minimum atomic E-state index is -0.617. The lowest BCUT2D eigenvalue weighted by Gasteiger charge is -2.29. The van der Waals surface area contributed by atoms with Gasteiger partial charge >= 0.3 is 0 Å². The van der Waals surface area contributed by atoms with Crippen molar-refractivity contribution in [3.8, 4) is 0 Å². The lowest BCUT2D eigenvalue weighted by atomic mass is 9.95. The van der Waals surface area contributed by atoms with Crippen molar-refractivity contribution in [1.82, 2.24) is 5.32 Å². The van der Waals surface area contributed by atoms with Crippen LogP contribution < -0.4 is 5.32 Å². The third kappa shape index (κ3) is 3.98. The van der Waals surface area contributed by atoms with Crippen LogP contribution in [0.3, 0.4) is 0 Å². The summed E-state index contributed by atoms with van der Waals surface area (Å²) in [6.07, 6.45) is 0.